The summed E-state index contributed by atoms with van der Waals surface area (Å²) in [5, 5.41) is 4.06. The van der Waals surface area contributed by atoms with E-state index in [1.54, 1.807) is 18.6 Å². The number of aryl methyl sites for hydroxylation is 2. The number of nitrogens with zero attached hydrogens (tertiary/aromatic N) is 3. The molecule has 0 radical (unpaired) electrons. The molecular formula is C18H20N4O. The summed E-state index contributed by atoms with van der Waals surface area (Å²) in [6.07, 6.45) is 9.51. The molecule has 0 aliphatic carbocycles. The van der Waals surface area contributed by atoms with Crippen LogP contribution in [0, 0.1) is 0 Å². The molecule has 23 heavy (non-hydrogen) atoms. The lowest BCUT2D eigenvalue weighted by atomic mass is 10.2. The van der Waals surface area contributed by atoms with Crippen LogP contribution >= 0.6 is 0 Å². The number of benzene rings is 1. The van der Waals surface area contributed by atoms with Crippen LogP contribution in [0.1, 0.15) is 25.5 Å². The van der Waals surface area contributed by atoms with Crippen molar-refractivity contribution in [3.8, 4) is 0 Å². The average Bonchev–Trinajstić information content (AvgIpc) is 2.96. The lowest BCUT2D eigenvalue weighted by Crippen LogP contribution is -2.10. The van der Waals surface area contributed by atoms with Gasteiger partial charge in [-0.05, 0) is 30.7 Å². The predicted octanol–water partition coefficient (Wildman–Crippen LogP) is 3.41. The largest absolute Gasteiger partial charge is 0.347 e. The Balaban J connectivity index is 1.72. The van der Waals surface area contributed by atoms with Crippen LogP contribution in [0.2, 0.25) is 0 Å². The number of amides is 1. The number of carbonyl (C=O) groups excluding carboxylic acids is 1. The first-order chi connectivity index (χ1) is 11.3. The molecule has 118 valence electrons. The molecule has 1 aromatic carbocycles. The van der Waals surface area contributed by atoms with Gasteiger partial charge in [-0.25, -0.2) is 0 Å². The minimum absolute atomic E-state index is 0.0638. The minimum atomic E-state index is 0.0638. The van der Waals surface area contributed by atoms with E-state index in [0.717, 1.165) is 41.7 Å². The summed E-state index contributed by atoms with van der Waals surface area (Å²) in [5.74, 6) is 0.0638. The highest BCUT2D eigenvalue weighted by Gasteiger charge is 2.05. The van der Waals surface area contributed by atoms with Crippen LogP contribution in [0.25, 0.3) is 10.9 Å². The van der Waals surface area contributed by atoms with Gasteiger partial charge in [-0.1, -0.05) is 6.92 Å². The third-order valence-electron chi connectivity index (χ3n) is 3.76. The van der Waals surface area contributed by atoms with Crippen molar-refractivity contribution in [3.05, 3.63) is 54.7 Å². The normalized spacial score (nSPS) is 10.8. The van der Waals surface area contributed by atoms with E-state index in [1.807, 2.05) is 25.1 Å². The fraction of sp³-hybridized carbons (Fsp3) is 0.278. The van der Waals surface area contributed by atoms with Gasteiger partial charge in [0.25, 0.3) is 0 Å². The van der Waals surface area contributed by atoms with E-state index >= 15 is 0 Å². The number of anilines is 1. The van der Waals surface area contributed by atoms with Crippen molar-refractivity contribution in [2.75, 3.05) is 5.32 Å². The maximum absolute atomic E-state index is 11.7. The SMILES string of the molecule is CCCC(=O)Nc1ccc2c(ccn2CCc2cnccn2)c1. The number of hydrogen-bond donors (Lipinski definition) is 1. The summed E-state index contributed by atoms with van der Waals surface area (Å²) in [6, 6.07) is 8.09. The van der Waals surface area contributed by atoms with Crippen molar-refractivity contribution in [2.24, 2.45) is 0 Å². The molecule has 0 atom stereocenters. The van der Waals surface area contributed by atoms with Gasteiger partial charge in [-0.3, -0.25) is 14.8 Å². The van der Waals surface area contributed by atoms with Crippen LogP contribution in [-0.2, 0) is 17.8 Å². The van der Waals surface area contributed by atoms with Crippen LogP contribution in [0.3, 0.4) is 0 Å². The number of fused-ring (bicyclic) bond motifs is 1. The van der Waals surface area contributed by atoms with E-state index in [0.29, 0.717) is 6.42 Å². The highest BCUT2D eigenvalue weighted by molar-refractivity contribution is 5.93. The van der Waals surface area contributed by atoms with Crippen LogP contribution in [0.5, 0.6) is 0 Å². The summed E-state index contributed by atoms with van der Waals surface area (Å²) in [6.45, 7) is 2.85. The van der Waals surface area contributed by atoms with Gasteiger partial charge < -0.3 is 9.88 Å². The van der Waals surface area contributed by atoms with Crippen molar-refractivity contribution in [3.63, 3.8) is 0 Å². The zero-order valence-corrected chi connectivity index (χ0v) is 13.2. The first kappa shape index (κ1) is 15.2. The Morgan fingerprint density at radius 3 is 2.96 bits per heavy atom. The Bertz CT molecular complexity index is 795. The van der Waals surface area contributed by atoms with Gasteiger partial charge in [0.15, 0.2) is 0 Å². The van der Waals surface area contributed by atoms with Crippen molar-refractivity contribution < 1.29 is 4.79 Å². The van der Waals surface area contributed by atoms with Gasteiger partial charge in [0.2, 0.25) is 5.91 Å². The van der Waals surface area contributed by atoms with Crippen molar-refractivity contribution in [2.45, 2.75) is 32.7 Å². The van der Waals surface area contributed by atoms with Crippen molar-refractivity contribution >= 4 is 22.5 Å². The van der Waals surface area contributed by atoms with Gasteiger partial charge in [-0.15, -0.1) is 0 Å². The molecular weight excluding hydrogens is 288 g/mol. The smallest absolute Gasteiger partial charge is 0.224 e. The van der Waals surface area contributed by atoms with E-state index in [1.165, 1.54) is 0 Å². The summed E-state index contributed by atoms with van der Waals surface area (Å²) in [7, 11) is 0. The van der Waals surface area contributed by atoms with Gasteiger partial charge in [-0.2, -0.15) is 0 Å². The number of hydrogen-bond acceptors (Lipinski definition) is 3. The third kappa shape index (κ3) is 3.74. The van der Waals surface area contributed by atoms with Crippen LogP contribution in [-0.4, -0.2) is 20.4 Å². The molecule has 0 saturated carbocycles. The van der Waals surface area contributed by atoms with Gasteiger partial charge in [0, 0.05) is 60.8 Å². The molecule has 2 aromatic heterocycles. The number of aromatic nitrogens is 3. The van der Waals surface area contributed by atoms with Gasteiger partial charge in [0.05, 0.1) is 5.69 Å². The summed E-state index contributed by atoms with van der Waals surface area (Å²) < 4.78 is 2.20. The van der Waals surface area contributed by atoms with E-state index in [9.17, 15) is 4.79 Å². The number of rotatable bonds is 6. The molecule has 0 spiro atoms. The average molecular weight is 308 g/mol. The predicted molar refractivity (Wildman–Crippen MR) is 91.2 cm³/mol. The Kier molecular flexibility index (Phi) is 4.66. The highest BCUT2D eigenvalue weighted by Crippen LogP contribution is 2.21. The molecule has 2 heterocycles. The lowest BCUT2D eigenvalue weighted by Gasteiger charge is -2.07. The fourth-order valence-corrected chi connectivity index (χ4v) is 2.62. The van der Waals surface area contributed by atoms with Crippen molar-refractivity contribution in [1.82, 2.24) is 14.5 Å². The van der Waals surface area contributed by atoms with Gasteiger partial charge >= 0.3 is 0 Å². The van der Waals surface area contributed by atoms with E-state index < -0.39 is 0 Å². The maximum atomic E-state index is 11.7. The second-order valence-corrected chi connectivity index (χ2v) is 5.53. The summed E-state index contributed by atoms with van der Waals surface area (Å²) in [4.78, 5) is 20.1. The second-order valence-electron chi connectivity index (χ2n) is 5.53. The fourth-order valence-electron chi connectivity index (χ4n) is 2.62. The van der Waals surface area contributed by atoms with E-state index in [2.05, 4.69) is 32.1 Å². The molecule has 5 nitrogen and oxygen atoms in total. The molecule has 0 saturated heterocycles. The molecule has 0 fully saturated rings. The summed E-state index contributed by atoms with van der Waals surface area (Å²) in [5.41, 5.74) is 2.99. The van der Waals surface area contributed by atoms with Crippen LogP contribution in [0.15, 0.2) is 49.1 Å². The van der Waals surface area contributed by atoms with Gasteiger partial charge in [0.1, 0.15) is 0 Å². The zero-order valence-electron chi connectivity index (χ0n) is 13.2. The standard InChI is InChI=1S/C18H20N4O/c1-2-3-18(23)21-15-4-5-17-14(12-15)6-10-22(17)11-7-16-13-19-8-9-20-16/h4-6,8-10,12-13H,2-3,7,11H2,1H3,(H,21,23). The molecule has 3 aromatic rings. The molecule has 0 aliphatic heterocycles. The second kappa shape index (κ2) is 7.05. The maximum Gasteiger partial charge on any atom is 0.224 e. The van der Waals surface area contributed by atoms with E-state index in [4.69, 9.17) is 0 Å². The summed E-state index contributed by atoms with van der Waals surface area (Å²) >= 11 is 0. The van der Waals surface area contributed by atoms with Crippen LogP contribution in [0.4, 0.5) is 5.69 Å². The molecule has 0 unspecified atom stereocenters. The first-order valence-electron chi connectivity index (χ1n) is 7.90. The first-order valence-corrected chi connectivity index (χ1v) is 7.90. The molecule has 3 rings (SSSR count). The highest BCUT2D eigenvalue weighted by atomic mass is 16.1. The molecule has 0 aliphatic rings. The van der Waals surface area contributed by atoms with Crippen LogP contribution < -0.4 is 5.32 Å². The third-order valence-corrected chi connectivity index (χ3v) is 3.76. The van der Waals surface area contributed by atoms with E-state index in [-0.39, 0.29) is 5.91 Å². The number of carbonyl (C=O) groups is 1. The minimum Gasteiger partial charge on any atom is -0.347 e. The Hall–Kier alpha value is -2.69. The quantitative estimate of drug-likeness (QED) is 0.759. The molecule has 1 N–H and O–H groups in total. The lowest BCUT2D eigenvalue weighted by molar-refractivity contribution is -0.116. The Morgan fingerprint density at radius 1 is 1.26 bits per heavy atom. The van der Waals surface area contributed by atoms with Crippen molar-refractivity contribution in [1.29, 1.82) is 0 Å². The Labute approximate surface area is 135 Å². The molecule has 5 heteroatoms. The zero-order chi connectivity index (χ0) is 16.1. The number of nitrogens with one attached hydrogen (secondary N) is 1. The molecule has 1 amide bonds. The topological polar surface area (TPSA) is 59.8 Å². The Morgan fingerprint density at radius 2 is 2.17 bits per heavy atom. The monoisotopic (exact) mass is 308 g/mol. The molecule has 0 bridgehead atoms.